The van der Waals surface area contributed by atoms with Crippen LogP contribution in [0, 0.1) is 6.92 Å². The Kier molecular flexibility index (Phi) is 4.99. The second-order valence-electron chi connectivity index (χ2n) is 5.19. The van der Waals surface area contributed by atoms with Gasteiger partial charge in [-0.2, -0.15) is 0 Å². The first-order valence-corrected chi connectivity index (χ1v) is 7.32. The van der Waals surface area contributed by atoms with Crippen molar-refractivity contribution in [3.05, 3.63) is 65.2 Å². The van der Waals surface area contributed by atoms with Crippen molar-refractivity contribution >= 4 is 11.6 Å². The average molecular weight is 282 g/mol. The Balaban J connectivity index is 2.14. The van der Waals surface area contributed by atoms with Gasteiger partial charge in [-0.1, -0.05) is 42.0 Å². The molecule has 21 heavy (non-hydrogen) atoms. The minimum Gasteiger partial charge on any atom is -0.385 e. The van der Waals surface area contributed by atoms with E-state index < -0.39 is 0 Å². The van der Waals surface area contributed by atoms with Crippen LogP contribution in [0.15, 0.2) is 48.5 Å². The van der Waals surface area contributed by atoms with Gasteiger partial charge in [0.05, 0.1) is 11.6 Å². The molecule has 110 valence electrons. The van der Waals surface area contributed by atoms with Gasteiger partial charge in [0.25, 0.3) is 5.91 Å². The number of amides is 1. The highest BCUT2D eigenvalue weighted by Crippen LogP contribution is 2.18. The highest BCUT2D eigenvalue weighted by molar-refractivity contribution is 5.99. The molecule has 3 heteroatoms. The van der Waals surface area contributed by atoms with Gasteiger partial charge in [-0.25, -0.2) is 0 Å². The maximum atomic E-state index is 12.5. The van der Waals surface area contributed by atoms with Gasteiger partial charge in [0.2, 0.25) is 0 Å². The minimum atomic E-state index is -0.0550. The molecule has 1 atom stereocenters. The predicted octanol–water partition coefficient (Wildman–Crippen LogP) is 3.92. The molecule has 0 spiro atoms. The molecule has 0 radical (unpaired) electrons. The van der Waals surface area contributed by atoms with Crippen molar-refractivity contribution in [2.75, 3.05) is 11.9 Å². The van der Waals surface area contributed by atoms with Gasteiger partial charge in [0, 0.05) is 12.2 Å². The largest absolute Gasteiger partial charge is 0.385 e. The lowest BCUT2D eigenvalue weighted by Crippen LogP contribution is -2.27. The smallest absolute Gasteiger partial charge is 0.253 e. The molecule has 0 aliphatic heterocycles. The third-order valence-corrected chi connectivity index (χ3v) is 3.43. The number of benzene rings is 2. The molecule has 0 bridgehead atoms. The van der Waals surface area contributed by atoms with Crippen LogP contribution in [0.1, 0.15) is 41.4 Å². The average Bonchev–Trinajstić information content (AvgIpc) is 2.48. The number of anilines is 1. The van der Waals surface area contributed by atoms with E-state index in [0.717, 1.165) is 17.8 Å². The second kappa shape index (κ2) is 6.93. The Hall–Kier alpha value is -2.29. The van der Waals surface area contributed by atoms with Gasteiger partial charge in [-0.3, -0.25) is 4.79 Å². The molecule has 0 saturated heterocycles. The molecular formula is C18H22N2O. The summed E-state index contributed by atoms with van der Waals surface area (Å²) in [4.78, 5) is 12.5. The van der Waals surface area contributed by atoms with Crippen molar-refractivity contribution in [1.82, 2.24) is 5.32 Å². The number of rotatable bonds is 5. The van der Waals surface area contributed by atoms with Crippen LogP contribution in [-0.2, 0) is 0 Å². The highest BCUT2D eigenvalue weighted by atomic mass is 16.1. The van der Waals surface area contributed by atoms with E-state index in [0.29, 0.717) is 5.56 Å². The Bertz CT molecular complexity index is 622. The standard InChI is InChI=1S/C18H22N2O/c1-4-19-17-11-6-5-10-16(17)18(21)20-14(3)15-9-7-8-13(2)12-15/h5-12,14,19H,4H2,1-3H3,(H,20,21)/t14-/m0/s1. The third kappa shape index (κ3) is 3.85. The maximum absolute atomic E-state index is 12.5. The molecule has 3 nitrogen and oxygen atoms in total. The lowest BCUT2D eigenvalue weighted by Gasteiger charge is -2.17. The van der Waals surface area contributed by atoms with E-state index in [4.69, 9.17) is 0 Å². The summed E-state index contributed by atoms with van der Waals surface area (Å²) in [5.41, 5.74) is 3.86. The number of carbonyl (C=O) groups is 1. The van der Waals surface area contributed by atoms with Crippen LogP contribution in [0.2, 0.25) is 0 Å². The number of hydrogen-bond acceptors (Lipinski definition) is 2. The van der Waals surface area contributed by atoms with E-state index in [1.807, 2.05) is 50.2 Å². The van der Waals surface area contributed by atoms with E-state index in [1.54, 1.807) is 0 Å². The van der Waals surface area contributed by atoms with Crippen LogP contribution < -0.4 is 10.6 Å². The molecule has 2 rings (SSSR count). The molecule has 2 aromatic rings. The van der Waals surface area contributed by atoms with Gasteiger partial charge in [-0.05, 0) is 38.5 Å². The molecule has 1 amide bonds. The van der Waals surface area contributed by atoms with E-state index in [2.05, 4.69) is 29.7 Å². The van der Waals surface area contributed by atoms with Crippen molar-refractivity contribution in [3.63, 3.8) is 0 Å². The van der Waals surface area contributed by atoms with Crippen molar-refractivity contribution in [1.29, 1.82) is 0 Å². The monoisotopic (exact) mass is 282 g/mol. The van der Waals surface area contributed by atoms with Gasteiger partial charge in [0.15, 0.2) is 0 Å². The maximum Gasteiger partial charge on any atom is 0.253 e. The number of hydrogen-bond donors (Lipinski definition) is 2. The molecule has 2 N–H and O–H groups in total. The lowest BCUT2D eigenvalue weighted by atomic mass is 10.0. The topological polar surface area (TPSA) is 41.1 Å². The first kappa shape index (κ1) is 15.1. The zero-order chi connectivity index (χ0) is 15.2. The normalized spacial score (nSPS) is 11.8. The summed E-state index contributed by atoms with van der Waals surface area (Å²) in [6, 6.07) is 15.8. The number of aryl methyl sites for hydroxylation is 1. The first-order valence-electron chi connectivity index (χ1n) is 7.32. The summed E-state index contributed by atoms with van der Waals surface area (Å²) in [6.07, 6.45) is 0. The fourth-order valence-corrected chi connectivity index (χ4v) is 2.32. The van der Waals surface area contributed by atoms with E-state index in [9.17, 15) is 4.79 Å². The summed E-state index contributed by atoms with van der Waals surface area (Å²) < 4.78 is 0. The molecule has 0 saturated carbocycles. The molecule has 0 fully saturated rings. The van der Waals surface area contributed by atoms with E-state index >= 15 is 0 Å². The molecule has 0 unspecified atom stereocenters. The van der Waals surface area contributed by atoms with Gasteiger partial charge in [0.1, 0.15) is 0 Å². The fourth-order valence-electron chi connectivity index (χ4n) is 2.32. The zero-order valence-electron chi connectivity index (χ0n) is 12.8. The Morgan fingerprint density at radius 2 is 1.90 bits per heavy atom. The van der Waals surface area contributed by atoms with Gasteiger partial charge in [-0.15, -0.1) is 0 Å². The SMILES string of the molecule is CCNc1ccccc1C(=O)N[C@@H](C)c1cccc(C)c1. The minimum absolute atomic E-state index is 0.0212. The van der Waals surface area contributed by atoms with Crippen molar-refractivity contribution in [2.45, 2.75) is 26.8 Å². The van der Waals surface area contributed by atoms with E-state index in [-0.39, 0.29) is 11.9 Å². The number of carbonyl (C=O) groups excluding carboxylic acids is 1. The molecule has 2 aromatic carbocycles. The van der Waals surface area contributed by atoms with Crippen LogP contribution in [0.25, 0.3) is 0 Å². The fraction of sp³-hybridized carbons (Fsp3) is 0.278. The third-order valence-electron chi connectivity index (χ3n) is 3.43. The highest BCUT2D eigenvalue weighted by Gasteiger charge is 2.14. The lowest BCUT2D eigenvalue weighted by molar-refractivity contribution is 0.0940. The summed E-state index contributed by atoms with van der Waals surface area (Å²) in [5.74, 6) is -0.0550. The first-order chi connectivity index (χ1) is 10.1. The Labute approximate surface area is 126 Å². The van der Waals surface area contributed by atoms with Gasteiger partial charge < -0.3 is 10.6 Å². The van der Waals surface area contributed by atoms with Crippen molar-refractivity contribution in [3.8, 4) is 0 Å². The summed E-state index contributed by atoms with van der Waals surface area (Å²) in [5, 5.41) is 6.28. The number of nitrogens with one attached hydrogen (secondary N) is 2. The molecular weight excluding hydrogens is 260 g/mol. The van der Waals surface area contributed by atoms with Crippen LogP contribution >= 0.6 is 0 Å². The Morgan fingerprint density at radius 1 is 1.14 bits per heavy atom. The second-order valence-corrected chi connectivity index (χ2v) is 5.19. The summed E-state index contributed by atoms with van der Waals surface area (Å²) in [6.45, 7) is 6.86. The van der Waals surface area contributed by atoms with Crippen LogP contribution in [0.5, 0.6) is 0 Å². The van der Waals surface area contributed by atoms with Crippen LogP contribution in [-0.4, -0.2) is 12.5 Å². The number of para-hydroxylation sites is 1. The summed E-state index contributed by atoms with van der Waals surface area (Å²) in [7, 11) is 0. The predicted molar refractivity (Wildman–Crippen MR) is 87.7 cm³/mol. The molecule has 0 heterocycles. The van der Waals surface area contributed by atoms with Crippen LogP contribution in [0.4, 0.5) is 5.69 Å². The molecule has 0 aliphatic rings. The van der Waals surface area contributed by atoms with Crippen molar-refractivity contribution < 1.29 is 4.79 Å². The zero-order valence-corrected chi connectivity index (χ0v) is 12.8. The van der Waals surface area contributed by atoms with Crippen LogP contribution in [0.3, 0.4) is 0 Å². The van der Waals surface area contributed by atoms with E-state index in [1.165, 1.54) is 5.56 Å². The van der Waals surface area contributed by atoms with Crippen molar-refractivity contribution in [2.24, 2.45) is 0 Å². The quantitative estimate of drug-likeness (QED) is 0.872. The Morgan fingerprint density at radius 3 is 2.62 bits per heavy atom. The molecule has 0 aromatic heterocycles. The van der Waals surface area contributed by atoms with Gasteiger partial charge >= 0.3 is 0 Å². The molecule has 0 aliphatic carbocycles. The summed E-state index contributed by atoms with van der Waals surface area (Å²) >= 11 is 0.